The second-order valence-electron chi connectivity index (χ2n) is 5.34. The van der Waals surface area contributed by atoms with E-state index in [4.69, 9.17) is 0 Å². The largest absolute Gasteiger partial charge is 0.506 e. The van der Waals surface area contributed by atoms with Gasteiger partial charge in [0.25, 0.3) is 0 Å². The lowest BCUT2D eigenvalue weighted by molar-refractivity contribution is 0.410. The predicted molar refractivity (Wildman–Crippen MR) is 82.2 cm³/mol. The first-order valence-corrected chi connectivity index (χ1v) is 7.34. The van der Waals surface area contributed by atoms with Gasteiger partial charge in [-0.2, -0.15) is 0 Å². The number of rotatable bonds is 4. The molecule has 0 aliphatic carbocycles. The van der Waals surface area contributed by atoms with E-state index >= 15 is 0 Å². The van der Waals surface area contributed by atoms with Crippen molar-refractivity contribution in [3.8, 4) is 5.75 Å². The molecule has 5 nitrogen and oxygen atoms in total. The van der Waals surface area contributed by atoms with Crippen molar-refractivity contribution in [2.45, 2.75) is 25.4 Å². The van der Waals surface area contributed by atoms with Crippen molar-refractivity contribution in [1.82, 2.24) is 15.3 Å². The van der Waals surface area contributed by atoms with Crippen molar-refractivity contribution >= 4 is 5.82 Å². The van der Waals surface area contributed by atoms with Crippen LogP contribution in [0.15, 0.2) is 42.7 Å². The van der Waals surface area contributed by atoms with Crippen molar-refractivity contribution in [3.05, 3.63) is 48.4 Å². The molecule has 0 saturated carbocycles. The molecule has 3 rings (SSSR count). The maximum Gasteiger partial charge on any atom is 0.133 e. The van der Waals surface area contributed by atoms with E-state index in [1.807, 2.05) is 24.4 Å². The quantitative estimate of drug-likeness (QED) is 0.898. The van der Waals surface area contributed by atoms with Crippen LogP contribution in [0.5, 0.6) is 5.75 Å². The first kappa shape index (κ1) is 13.8. The first-order valence-electron chi connectivity index (χ1n) is 7.34. The molecule has 1 fully saturated rings. The fraction of sp³-hybridized carbons (Fsp3) is 0.375. The van der Waals surface area contributed by atoms with E-state index in [0.717, 1.165) is 44.0 Å². The van der Waals surface area contributed by atoms with Crippen molar-refractivity contribution in [1.29, 1.82) is 0 Å². The van der Waals surface area contributed by atoms with Crippen LogP contribution < -0.4 is 10.2 Å². The van der Waals surface area contributed by atoms with Crippen LogP contribution in [0, 0.1) is 0 Å². The summed E-state index contributed by atoms with van der Waals surface area (Å²) in [5.41, 5.74) is 0.958. The van der Waals surface area contributed by atoms with Crippen molar-refractivity contribution < 1.29 is 5.11 Å². The van der Waals surface area contributed by atoms with Gasteiger partial charge in [0.15, 0.2) is 0 Å². The zero-order valence-electron chi connectivity index (χ0n) is 11.9. The Hall–Kier alpha value is -2.14. The Labute approximate surface area is 124 Å². The van der Waals surface area contributed by atoms with Gasteiger partial charge in [0, 0.05) is 31.9 Å². The van der Waals surface area contributed by atoms with E-state index in [1.54, 1.807) is 6.07 Å². The molecule has 3 heterocycles. The first-order chi connectivity index (χ1) is 10.3. The number of nitrogens with one attached hydrogen (secondary N) is 1. The lowest BCUT2D eigenvalue weighted by Crippen LogP contribution is -2.42. The molecule has 110 valence electrons. The summed E-state index contributed by atoms with van der Waals surface area (Å²) in [4.78, 5) is 10.9. The minimum Gasteiger partial charge on any atom is -0.506 e. The molecule has 2 aromatic heterocycles. The summed E-state index contributed by atoms with van der Waals surface area (Å²) in [6.45, 7) is 2.80. The highest BCUT2D eigenvalue weighted by atomic mass is 16.3. The standard InChI is InChI=1S/C16H20N4O/c21-15-5-4-14(19-12-15)11-18-13-6-9-20(10-7-13)16-3-1-2-8-17-16/h1-5,8,12-13,18,21H,6-7,9-11H2. The van der Waals surface area contributed by atoms with Crippen molar-refractivity contribution in [2.24, 2.45) is 0 Å². The molecular formula is C16H20N4O. The van der Waals surface area contributed by atoms with Crippen molar-refractivity contribution in [2.75, 3.05) is 18.0 Å². The number of pyridine rings is 2. The molecule has 2 aromatic rings. The van der Waals surface area contributed by atoms with Crippen LogP contribution >= 0.6 is 0 Å². The van der Waals surface area contributed by atoms with Gasteiger partial charge in [0.1, 0.15) is 11.6 Å². The Morgan fingerprint density at radius 2 is 2.00 bits per heavy atom. The Bertz CT molecular complexity index is 550. The highest BCUT2D eigenvalue weighted by molar-refractivity contribution is 5.38. The third-order valence-electron chi connectivity index (χ3n) is 3.85. The average molecular weight is 284 g/mol. The zero-order valence-corrected chi connectivity index (χ0v) is 11.9. The highest BCUT2D eigenvalue weighted by Crippen LogP contribution is 2.17. The van der Waals surface area contributed by atoms with E-state index in [1.165, 1.54) is 6.20 Å². The number of aromatic hydroxyl groups is 1. The Morgan fingerprint density at radius 3 is 2.67 bits per heavy atom. The SMILES string of the molecule is Oc1ccc(CNC2CCN(c3ccccn3)CC2)nc1. The summed E-state index contributed by atoms with van der Waals surface area (Å²) in [6, 6.07) is 10.1. The second kappa shape index (κ2) is 6.54. The second-order valence-corrected chi connectivity index (χ2v) is 5.34. The topological polar surface area (TPSA) is 61.3 Å². The Kier molecular flexibility index (Phi) is 4.31. The summed E-state index contributed by atoms with van der Waals surface area (Å²) in [7, 11) is 0. The number of anilines is 1. The number of aromatic nitrogens is 2. The molecule has 0 amide bonds. The lowest BCUT2D eigenvalue weighted by Gasteiger charge is -2.33. The third kappa shape index (κ3) is 3.70. The van der Waals surface area contributed by atoms with E-state index in [2.05, 4.69) is 26.3 Å². The molecular weight excluding hydrogens is 264 g/mol. The van der Waals surface area contributed by atoms with Gasteiger partial charge >= 0.3 is 0 Å². The van der Waals surface area contributed by atoms with Crippen LogP contribution in [0.3, 0.4) is 0 Å². The molecule has 0 spiro atoms. The summed E-state index contributed by atoms with van der Waals surface area (Å²) < 4.78 is 0. The number of hydrogen-bond acceptors (Lipinski definition) is 5. The molecule has 2 N–H and O–H groups in total. The number of nitrogens with zero attached hydrogens (tertiary/aromatic N) is 3. The highest BCUT2D eigenvalue weighted by Gasteiger charge is 2.19. The smallest absolute Gasteiger partial charge is 0.133 e. The monoisotopic (exact) mass is 284 g/mol. The van der Waals surface area contributed by atoms with E-state index in [9.17, 15) is 5.11 Å². The number of hydrogen-bond donors (Lipinski definition) is 2. The summed E-state index contributed by atoms with van der Waals surface area (Å²) in [5, 5.41) is 12.8. The molecule has 0 atom stereocenters. The Morgan fingerprint density at radius 1 is 1.14 bits per heavy atom. The van der Waals surface area contributed by atoms with Gasteiger partial charge in [-0.05, 0) is 37.1 Å². The minimum atomic E-state index is 0.211. The van der Waals surface area contributed by atoms with Gasteiger partial charge in [-0.25, -0.2) is 4.98 Å². The van der Waals surface area contributed by atoms with Crippen LogP contribution in [0.1, 0.15) is 18.5 Å². The molecule has 0 radical (unpaired) electrons. The van der Waals surface area contributed by atoms with E-state index < -0.39 is 0 Å². The van der Waals surface area contributed by atoms with E-state index in [-0.39, 0.29) is 5.75 Å². The molecule has 0 bridgehead atoms. The normalized spacial score (nSPS) is 16.1. The average Bonchev–Trinajstić information content (AvgIpc) is 2.56. The summed E-state index contributed by atoms with van der Waals surface area (Å²) in [6.07, 6.45) is 5.54. The maximum atomic E-state index is 9.22. The van der Waals surface area contributed by atoms with Gasteiger partial charge in [0.05, 0.1) is 11.9 Å². The number of piperidine rings is 1. The maximum absolute atomic E-state index is 9.22. The van der Waals surface area contributed by atoms with Gasteiger partial charge in [-0.15, -0.1) is 0 Å². The molecule has 0 aromatic carbocycles. The van der Waals surface area contributed by atoms with Gasteiger partial charge in [-0.3, -0.25) is 4.98 Å². The fourth-order valence-corrected chi connectivity index (χ4v) is 2.62. The third-order valence-corrected chi connectivity index (χ3v) is 3.85. The molecule has 0 unspecified atom stereocenters. The zero-order chi connectivity index (χ0) is 14.5. The molecule has 21 heavy (non-hydrogen) atoms. The van der Waals surface area contributed by atoms with Gasteiger partial charge in [0.2, 0.25) is 0 Å². The summed E-state index contributed by atoms with van der Waals surface area (Å²) in [5.74, 6) is 1.28. The fourth-order valence-electron chi connectivity index (χ4n) is 2.62. The van der Waals surface area contributed by atoms with Crippen LogP contribution in [0.25, 0.3) is 0 Å². The van der Waals surface area contributed by atoms with Gasteiger partial charge in [-0.1, -0.05) is 6.07 Å². The molecule has 1 aliphatic heterocycles. The van der Waals surface area contributed by atoms with Crippen LogP contribution in [0.2, 0.25) is 0 Å². The summed E-state index contributed by atoms with van der Waals surface area (Å²) >= 11 is 0. The lowest BCUT2D eigenvalue weighted by atomic mass is 10.0. The molecule has 1 saturated heterocycles. The predicted octanol–water partition coefficient (Wildman–Crippen LogP) is 1.94. The molecule has 1 aliphatic rings. The van der Waals surface area contributed by atoms with Crippen molar-refractivity contribution in [3.63, 3.8) is 0 Å². The van der Waals surface area contributed by atoms with Crippen LogP contribution in [-0.4, -0.2) is 34.2 Å². The minimum absolute atomic E-state index is 0.211. The van der Waals surface area contributed by atoms with E-state index in [0.29, 0.717) is 6.04 Å². The van der Waals surface area contributed by atoms with Crippen LogP contribution in [0.4, 0.5) is 5.82 Å². The van der Waals surface area contributed by atoms with Gasteiger partial charge < -0.3 is 15.3 Å². The molecule has 5 heteroatoms. The van der Waals surface area contributed by atoms with Crippen LogP contribution in [-0.2, 0) is 6.54 Å². The Balaban J connectivity index is 1.47.